The van der Waals surface area contributed by atoms with Crippen molar-refractivity contribution in [1.82, 2.24) is 0 Å². The molecule has 0 aromatic heterocycles. The highest BCUT2D eigenvalue weighted by Gasteiger charge is 2.23. The van der Waals surface area contributed by atoms with E-state index >= 15 is 0 Å². The van der Waals surface area contributed by atoms with E-state index < -0.39 is 0 Å². The molecule has 2 aromatic carbocycles. The molecular weight excluding hydrogens is 392 g/mol. The lowest BCUT2D eigenvalue weighted by Gasteiger charge is -2.18. The second-order valence-corrected chi connectivity index (χ2v) is 9.26. The topological polar surface area (TPSA) is 26.3 Å². The predicted octanol–water partition coefficient (Wildman–Crippen LogP) is 9.36. The van der Waals surface area contributed by atoms with Crippen LogP contribution in [0.5, 0.6) is 0 Å². The zero-order chi connectivity index (χ0) is 22.9. The molecule has 2 rings (SSSR count). The van der Waals surface area contributed by atoms with Crippen molar-refractivity contribution in [2.45, 2.75) is 116 Å². The first-order valence-corrected chi connectivity index (χ1v) is 13.4. The number of hydrogen-bond acceptors (Lipinski definition) is 2. The van der Waals surface area contributed by atoms with Crippen molar-refractivity contribution in [2.24, 2.45) is 0 Å². The highest BCUT2D eigenvalue weighted by atomic mass is 16.5. The van der Waals surface area contributed by atoms with Crippen molar-refractivity contribution in [3.05, 3.63) is 48.0 Å². The van der Waals surface area contributed by atoms with Gasteiger partial charge in [0.05, 0.1) is 12.5 Å². The molecule has 0 saturated heterocycles. The van der Waals surface area contributed by atoms with Gasteiger partial charge in [-0.25, -0.2) is 0 Å². The molecule has 2 aromatic rings. The zero-order valence-corrected chi connectivity index (χ0v) is 20.7. The highest BCUT2D eigenvalue weighted by molar-refractivity contribution is 5.91. The van der Waals surface area contributed by atoms with Gasteiger partial charge in [-0.05, 0) is 29.7 Å². The predicted molar refractivity (Wildman–Crippen MR) is 138 cm³/mol. The van der Waals surface area contributed by atoms with Gasteiger partial charge in [0.25, 0.3) is 0 Å². The summed E-state index contributed by atoms with van der Waals surface area (Å²) < 4.78 is 5.44. The van der Waals surface area contributed by atoms with Crippen molar-refractivity contribution in [3.63, 3.8) is 0 Å². The Morgan fingerprint density at radius 1 is 0.688 bits per heavy atom. The van der Waals surface area contributed by atoms with E-state index in [-0.39, 0.29) is 11.9 Å². The van der Waals surface area contributed by atoms with Gasteiger partial charge in [0.2, 0.25) is 0 Å². The van der Waals surface area contributed by atoms with Crippen LogP contribution in [0.4, 0.5) is 0 Å². The molecule has 0 N–H and O–H groups in total. The molecule has 1 atom stereocenters. The van der Waals surface area contributed by atoms with Crippen molar-refractivity contribution in [2.75, 3.05) is 6.61 Å². The van der Waals surface area contributed by atoms with E-state index in [1.807, 2.05) is 6.92 Å². The summed E-state index contributed by atoms with van der Waals surface area (Å²) >= 11 is 0. The minimum atomic E-state index is -0.154. The Morgan fingerprint density at radius 3 is 1.81 bits per heavy atom. The largest absolute Gasteiger partial charge is 0.466 e. The Labute approximate surface area is 197 Å². The Hall–Kier alpha value is -1.83. The fourth-order valence-corrected chi connectivity index (χ4v) is 4.74. The summed E-state index contributed by atoms with van der Waals surface area (Å²) in [5.74, 6) is -0.225. The number of esters is 1. The third-order valence-corrected chi connectivity index (χ3v) is 6.62. The molecule has 0 aliphatic carbocycles. The van der Waals surface area contributed by atoms with Gasteiger partial charge in [-0.3, -0.25) is 4.79 Å². The van der Waals surface area contributed by atoms with E-state index in [1.54, 1.807) is 0 Å². The number of unbranched alkanes of at least 4 members (excludes halogenated alkanes) is 13. The van der Waals surface area contributed by atoms with Gasteiger partial charge in [0.15, 0.2) is 0 Å². The number of ether oxygens (including phenoxy) is 1. The number of fused-ring (bicyclic) bond motifs is 1. The van der Waals surface area contributed by atoms with Gasteiger partial charge >= 0.3 is 5.97 Å². The van der Waals surface area contributed by atoms with Crippen LogP contribution in [-0.2, 0) is 9.53 Å². The van der Waals surface area contributed by atoms with Crippen LogP contribution in [-0.4, -0.2) is 12.6 Å². The molecule has 0 heterocycles. The summed E-state index contributed by atoms with van der Waals surface area (Å²) in [5.41, 5.74) is 1.12. The summed E-state index contributed by atoms with van der Waals surface area (Å²) in [6, 6.07) is 14.6. The molecule has 0 spiro atoms. The Morgan fingerprint density at radius 2 is 1.22 bits per heavy atom. The molecule has 0 bridgehead atoms. The van der Waals surface area contributed by atoms with Crippen molar-refractivity contribution < 1.29 is 9.53 Å². The molecule has 0 amide bonds. The van der Waals surface area contributed by atoms with Crippen LogP contribution in [0.25, 0.3) is 10.8 Å². The first kappa shape index (κ1) is 26.4. The second kappa shape index (κ2) is 16.8. The molecule has 1 unspecified atom stereocenters. The molecule has 2 heteroatoms. The van der Waals surface area contributed by atoms with Gasteiger partial charge in [0, 0.05) is 0 Å². The molecule has 0 saturated carbocycles. The third-order valence-electron chi connectivity index (χ3n) is 6.62. The van der Waals surface area contributed by atoms with Crippen LogP contribution < -0.4 is 0 Å². The summed E-state index contributed by atoms with van der Waals surface area (Å²) in [4.78, 5) is 12.7. The fraction of sp³-hybridized carbons (Fsp3) is 0.633. The van der Waals surface area contributed by atoms with E-state index in [2.05, 4.69) is 49.4 Å². The minimum Gasteiger partial charge on any atom is -0.466 e. The smallest absolute Gasteiger partial charge is 0.313 e. The number of benzene rings is 2. The average molecular weight is 439 g/mol. The van der Waals surface area contributed by atoms with Gasteiger partial charge in [-0.1, -0.05) is 139 Å². The van der Waals surface area contributed by atoms with Crippen LogP contribution in [0.3, 0.4) is 0 Å². The lowest BCUT2D eigenvalue weighted by atomic mass is 9.89. The molecule has 0 fully saturated rings. The quantitative estimate of drug-likeness (QED) is 0.171. The number of rotatable bonds is 18. The molecule has 0 aliphatic heterocycles. The normalized spacial score (nSPS) is 12.2. The summed E-state index contributed by atoms with van der Waals surface area (Å²) in [7, 11) is 0. The maximum absolute atomic E-state index is 12.7. The second-order valence-electron chi connectivity index (χ2n) is 9.26. The van der Waals surface area contributed by atoms with Crippen molar-refractivity contribution in [1.29, 1.82) is 0 Å². The summed E-state index contributed by atoms with van der Waals surface area (Å²) in [6.45, 7) is 4.62. The number of carbonyl (C=O) groups excluding carboxylic acids is 1. The van der Waals surface area contributed by atoms with Crippen molar-refractivity contribution >= 4 is 16.7 Å². The van der Waals surface area contributed by atoms with E-state index in [4.69, 9.17) is 4.74 Å². The van der Waals surface area contributed by atoms with Crippen LogP contribution in [0.15, 0.2) is 42.5 Å². The monoisotopic (exact) mass is 438 g/mol. The average Bonchev–Trinajstić information content (AvgIpc) is 2.81. The van der Waals surface area contributed by atoms with E-state index in [9.17, 15) is 4.79 Å². The molecule has 0 aliphatic rings. The van der Waals surface area contributed by atoms with Crippen LogP contribution >= 0.6 is 0 Å². The Kier molecular flexibility index (Phi) is 13.8. The van der Waals surface area contributed by atoms with Gasteiger partial charge in [-0.15, -0.1) is 0 Å². The number of carbonyl (C=O) groups is 1. The van der Waals surface area contributed by atoms with Gasteiger partial charge < -0.3 is 4.74 Å². The maximum Gasteiger partial charge on any atom is 0.313 e. The Bertz CT molecular complexity index is 746. The zero-order valence-electron chi connectivity index (χ0n) is 20.7. The van der Waals surface area contributed by atoms with Crippen molar-refractivity contribution in [3.8, 4) is 0 Å². The van der Waals surface area contributed by atoms with Crippen LogP contribution in [0.1, 0.15) is 122 Å². The first-order valence-electron chi connectivity index (χ1n) is 13.4. The standard InChI is InChI=1S/C30H46O2/c1-3-5-6-7-8-9-10-11-12-13-14-15-16-17-24-29(30(31)32-4-2)28-25-20-22-26-21-18-19-23-27(26)28/h18-23,25,29H,3-17,24H2,1-2H3. The fourth-order valence-electron chi connectivity index (χ4n) is 4.74. The Balaban J connectivity index is 1.65. The van der Waals surface area contributed by atoms with Crippen LogP contribution in [0.2, 0.25) is 0 Å². The van der Waals surface area contributed by atoms with Gasteiger partial charge in [0.1, 0.15) is 0 Å². The minimum absolute atomic E-state index is 0.0708. The molecule has 2 nitrogen and oxygen atoms in total. The molecular formula is C30H46O2. The first-order chi connectivity index (χ1) is 15.8. The molecule has 0 radical (unpaired) electrons. The number of hydrogen-bond donors (Lipinski definition) is 0. The lowest BCUT2D eigenvalue weighted by Crippen LogP contribution is -2.16. The van der Waals surface area contributed by atoms with E-state index in [0.29, 0.717) is 6.61 Å². The summed E-state index contributed by atoms with van der Waals surface area (Å²) in [5, 5.41) is 2.37. The third kappa shape index (κ3) is 9.76. The highest BCUT2D eigenvalue weighted by Crippen LogP contribution is 2.31. The maximum atomic E-state index is 12.7. The van der Waals surface area contributed by atoms with Gasteiger partial charge in [-0.2, -0.15) is 0 Å². The SMILES string of the molecule is CCCCCCCCCCCCCCCCC(C(=O)OCC)c1cccc2ccccc12. The molecule has 32 heavy (non-hydrogen) atoms. The van der Waals surface area contributed by atoms with E-state index in [1.165, 1.54) is 94.2 Å². The lowest BCUT2D eigenvalue weighted by molar-refractivity contribution is -0.145. The summed E-state index contributed by atoms with van der Waals surface area (Å²) in [6.07, 6.45) is 19.8. The van der Waals surface area contributed by atoms with Crippen LogP contribution in [0, 0.1) is 0 Å². The molecule has 178 valence electrons. The van der Waals surface area contributed by atoms with E-state index in [0.717, 1.165) is 18.4 Å².